The monoisotopic (exact) mass is 407 g/mol. The number of halogens is 3. The molecule has 27 heavy (non-hydrogen) atoms. The van der Waals surface area contributed by atoms with Gasteiger partial charge in [0.05, 0.1) is 10.5 Å². The Morgan fingerprint density at radius 2 is 1.89 bits per heavy atom. The van der Waals surface area contributed by atoms with Gasteiger partial charge in [-0.1, -0.05) is 13.8 Å². The van der Waals surface area contributed by atoms with Gasteiger partial charge in [0.15, 0.2) is 0 Å². The number of nitrogens with zero attached hydrogens (tertiary/aromatic N) is 1. The van der Waals surface area contributed by atoms with Gasteiger partial charge >= 0.3 is 6.18 Å². The molecule has 0 atom stereocenters. The summed E-state index contributed by atoms with van der Waals surface area (Å²) in [6.07, 6.45) is -3.17. The van der Waals surface area contributed by atoms with Crippen LogP contribution in [0.3, 0.4) is 0 Å². The van der Waals surface area contributed by atoms with Gasteiger partial charge in [0.25, 0.3) is 0 Å². The van der Waals surface area contributed by atoms with Crippen LogP contribution in [0.1, 0.15) is 38.7 Å². The summed E-state index contributed by atoms with van der Waals surface area (Å²) in [4.78, 5) is 12.9. The summed E-state index contributed by atoms with van der Waals surface area (Å²) >= 11 is 0. The third kappa shape index (κ3) is 5.83. The SMILES string of the molecule is CC(C)CC(=O)N1CCC(Nc2ccc(S(N)(=O)=O)c(C(F)(F)F)c2)CC1. The molecule has 1 aliphatic rings. The molecule has 0 spiro atoms. The molecule has 1 fully saturated rings. The Labute approximate surface area is 157 Å². The molecule has 1 aromatic carbocycles. The first-order chi connectivity index (χ1) is 12.4. The minimum atomic E-state index is -4.84. The lowest BCUT2D eigenvalue weighted by Gasteiger charge is -2.33. The number of hydrogen-bond acceptors (Lipinski definition) is 4. The highest BCUT2D eigenvalue weighted by Crippen LogP contribution is 2.35. The number of rotatable bonds is 5. The Hall–Kier alpha value is -1.81. The molecular weight excluding hydrogens is 383 g/mol. The van der Waals surface area contributed by atoms with Crippen LogP contribution in [0.5, 0.6) is 0 Å². The summed E-state index contributed by atoms with van der Waals surface area (Å²) in [6, 6.07) is 2.79. The fourth-order valence-electron chi connectivity index (χ4n) is 3.08. The van der Waals surface area contributed by atoms with Crippen molar-refractivity contribution in [1.82, 2.24) is 4.90 Å². The number of nitrogens with one attached hydrogen (secondary N) is 1. The number of primary sulfonamides is 1. The molecule has 1 aliphatic heterocycles. The average molecular weight is 407 g/mol. The standard InChI is InChI=1S/C17H24F3N3O3S/c1-11(2)9-16(24)23-7-5-12(6-8-23)22-13-3-4-15(27(21,25)26)14(10-13)17(18,19)20/h3-4,10-12,22H,5-9H2,1-2H3,(H2,21,25,26). The van der Waals surface area contributed by atoms with Crippen molar-refractivity contribution in [3.63, 3.8) is 0 Å². The Kier molecular flexibility index (Phi) is 6.41. The lowest BCUT2D eigenvalue weighted by molar-refractivity contribution is -0.140. The number of nitrogens with two attached hydrogens (primary N) is 1. The van der Waals surface area contributed by atoms with Crippen molar-refractivity contribution in [2.24, 2.45) is 11.1 Å². The Bertz CT molecular complexity index is 786. The predicted octanol–water partition coefficient (Wildman–Crippen LogP) is 2.80. The number of carbonyl (C=O) groups is 1. The number of hydrogen-bond donors (Lipinski definition) is 2. The van der Waals surface area contributed by atoms with Crippen molar-refractivity contribution in [3.05, 3.63) is 23.8 Å². The first kappa shape index (κ1) is 21.5. The third-order valence-corrected chi connectivity index (χ3v) is 5.36. The van der Waals surface area contributed by atoms with Gasteiger partial charge in [-0.05, 0) is 37.0 Å². The smallest absolute Gasteiger partial charge is 0.382 e. The van der Waals surface area contributed by atoms with E-state index in [9.17, 15) is 26.4 Å². The number of piperidine rings is 1. The fraction of sp³-hybridized carbons (Fsp3) is 0.588. The van der Waals surface area contributed by atoms with E-state index in [1.807, 2.05) is 13.8 Å². The predicted molar refractivity (Wildman–Crippen MR) is 95.5 cm³/mol. The molecule has 0 aliphatic carbocycles. The maximum absolute atomic E-state index is 13.2. The van der Waals surface area contributed by atoms with Crippen molar-refractivity contribution in [2.75, 3.05) is 18.4 Å². The second-order valence-electron chi connectivity index (χ2n) is 7.15. The van der Waals surface area contributed by atoms with Crippen molar-refractivity contribution >= 4 is 21.6 Å². The van der Waals surface area contributed by atoms with Crippen molar-refractivity contribution in [3.8, 4) is 0 Å². The number of likely N-dealkylation sites (tertiary alicyclic amines) is 1. The van der Waals surface area contributed by atoms with Crippen LogP contribution < -0.4 is 10.5 Å². The minimum absolute atomic E-state index is 0.0836. The van der Waals surface area contributed by atoms with E-state index in [0.29, 0.717) is 32.4 Å². The molecule has 0 unspecified atom stereocenters. The van der Waals surface area contributed by atoms with Gasteiger partial charge in [-0.25, -0.2) is 13.6 Å². The van der Waals surface area contributed by atoms with Crippen LogP contribution in [0.15, 0.2) is 23.1 Å². The number of amides is 1. The van der Waals surface area contributed by atoms with Crippen LogP contribution in [0, 0.1) is 5.92 Å². The highest BCUT2D eigenvalue weighted by atomic mass is 32.2. The third-order valence-electron chi connectivity index (χ3n) is 4.39. The Morgan fingerprint density at radius 3 is 2.37 bits per heavy atom. The van der Waals surface area contributed by atoms with Gasteiger partial charge in [0.1, 0.15) is 0 Å². The van der Waals surface area contributed by atoms with Crippen LogP contribution in [0.25, 0.3) is 0 Å². The molecule has 0 saturated carbocycles. The number of sulfonamides is 1. The summed E-state index contributed by atoms with van der Waals surface area (Å²) in [5, 5.41) is 7.88. The zero-order valence-corrected chi connectivity index (χ0v) is 16.0. The van der Waals surface area contributed by atoms with Gasteiger partial charge in [-0.15, -0.1) is 0 Å². The van der Waals surface area contributed by atoms with Crippen molar-refractivity contribution in [2.45, 2.75) is 50.2 Å². The van der Waals surface area contributed by atoms with Crippen LogP contribution in [0.4, 0.5) is 18.9 Å². The number of benzene rings is 1. The van der Waals surface area contributed by atoms with E-state index in [1.165, 1.54) is 6.07 Å². The van der Waals surface area contributed by atoms with Crippen LogP contribution in [-0.2, 0) is 21.0 Å². The molecule has 1 amide bonds. The zero-order valence-electron chi connectivity index (χ0n) is 15.2. The number of alkyl halides is 3. The van der Waals surface area contributed by atoms with Gasteiger partial charge in [-0.3, -0.25) is 4.79 Å². The van der Waals surface area contributed by atoms with Gasteiger partial charge in [-0.2, -0.15) is 13.2 Å². The van der Waals surface area contributed by atoms with E-state index in [1.54, 1.807) is 4.90 Å². The molecule has 1 heterocycles. The maximum Gasteiger partial charge on any atom is 0.417 e. The average Bonchev–Trinajstić information content (AvgIpc) is 2.53. The van der Waals surface area contributed by atoms with E-state index in [0.717, 1.165) is 12.1 Å². The molecule has 2 rings (SSSR count). The number of carbonyl (C=O) groups excluding carboxylic acids is 1. The van der Waals surface area contributed by atoms with Gasteiger partial charge < -0.3 is 10.2 Å². The Balaban J connectivity index is 2.08. The molecule has 6 nitrogen and oxygen atoms in total. The summed E-state index contributed by atoms with van der Waals surface area (Å²) in [5.74, 6) is 0.354. The molecule has 0 radical (unpaired) electrons. The zero-order chi connectivity index (χ0) is 20.4. The molecular formula is C17H24F3N3O3S. The van der Waals surface area contributed by atoms with Crippen molar-refractivity contribution < 1.29 is 26.4 Å². The molecule has 1 saturated heterocycles. The summed E-state index contributed by atoms with van der Waals surface area (Å²) in [7, 11) is -4.49. The minimum Gasteiger partial charge on any atom is -0.382 e. The Morgan fingerprint density at radius 1 is 1.30 bits per heavy atom. The van der Waals surface area contributed by atoms with Crippen LogP contribution in [0.2, 0.25) is 0 Å². The topological polar surface area (TPSA) is 92.5 Å². The molecule has 152 valence electrons. The lowest BCUT2D eigenvalue weighted by Crippen LogP contribution is -2.42. The van der Waals surface area contributed by atoms with E-state index in [2.05, 4.69) is 5.32 Å². The maximum atomic E-state index is 13.2. The quantitative estimate of drug-likeness (QED) is 0.785. The second-order valence-corrected chi connectivity index (χ2v) is 8.68. The summed E-state index contributed by atoms with van der Waals surface area (Å²) in [5.41, 5.74) is -1.12. The van der Waals surface area contributed by atoms with E-state index in [4.69, 9.17) is 5.14 Å². The van der Waals surface area contributed by atoms with Gasteiger partial charge in [0, 0.05) is 31.2 Å². The lowest BCUT2D eigenvalue weighted by atomic mass is 10.0. The first-order valence-electron chi connectivity index (χ1n) is 8.66. The van der Waals surface area contributed by atoms with E-state index >= 15 is 0 Å². The highest BCUT2D eigenvalue weighted by molar-refractivity contribution is 7.89. The van der Waals surface area contributed by atoms with E-state index < -0.39 is 26.7 Å². The molecule has 3 N–H and O–H groups in total. The molecule has 0 bridgehead atoms. The van der Waals surface area contributed by atoms with Crippen LogP contribution >= 0.6 is 0 Å². The highest BCUT2D eigenvalue weighted by Gasteiger charge is 2.37. The normalized spacial score (nSPS) is 16.6. The largest absolute Gasteiger partial charge is 0.417 e. The van der Waals surface area contributed by atoms with Gasteiger partial charge in [0.2, 0.25) is 15.9 Å². The molecule has 0 aromatic heterocycles. The first-order valence-corrected chi connectivity index (χ1v) is 10.2. The second kappa shape index (κ2) is 8.05. The molecule has 1 aromatic rings. The summed E-state index contributed by atoms with van der Waals surface area (Å²) < 4.78 is 62.4. The molecule has 10 heteroatoms. The number of anilines is 1. The van der Waals surface area contributed by atoms with Crippen molar-refractivity contribution in [1.29, 1.82) is 0 Å². The fourth-order valence-corrected chi connectivity index (χ4v) is 3.82. The summed E-state index contributed by atoms with van der Waals surface area (Å²) in [6.45, 7) is 5.00. The van der Waals surface area contributed by atoms with Crippen LogP contribution in [-0.4, -0.2) is 38.4 Å². The van der Waals surface area contributed by atoms with E-state index in [-0.39, 0.29) is 23.6 Å².